The molecule has 0 saturated carbocycles. The van der Waals surface area contributed by atoms with Crippen LogP contribution in [0.1, 0.15) is 38.6 Å². The van der Waals surface area contributed by atoms with Gasteiger partial charge in [-0.25, -0.2) is 0 Å². The predicted molar refractivity (Wildman–Crippen MR) is 112 cm³/mol. The Morgan fingerprint density at radius 1 is 1.14 bits per heavy atom. The summed E-state index contributed by atoms with van der Waals surface area (Å²) in [6.07, 6.45) is 1.42. The summed E-state index contributed by atoms with van der Waals surface area (Å²) < 4.78 is 0. The second kappa shape index (κ2) is 8.10. The highest BCUT2D eigenvalue weighted by atomic mass is 16.1. The van der Waals surface area contributed by atoms with Gasteiger partial charge in [0.15, 0.2) is 0 Å². The Hall–Kier alpha value is -2.74. The molecule has 2 aromatic rings. The molecular formula is C20H29N7O. The van der Waals surface area contributed by atoms with Crippen LogP contribution >= 0.6 is 0 Å². The van der Waals surface area contributed by atoms with Crippen molar-refractivity contribution in [1.29, 1.82) is 0 Å². The van der Waals surface area contributed by atoms with Gasteiger partial charge in [0.05, 0.1) is 6.42 Å². The van der Waals surface area contributed by atoms with E-state index in [1.54, 1.807) is 0 Å². The van der Waals surface area contributed by atoms with Crippen molar-refractivity contribution >= 4 is 29.2 Å². The largest absolute Gasteiger partial charge is 0.354 e. The molecule has 1 aliphatic rings. The van der Waals surface area contributed by atoms with Crippen molar-refractivity contribution in [3.63, 3.8) is 0 Å². The van der Waals surface area contributed by atoms with Gasteiger partial charge in [-0.2, -0.15) is 15.0 Å². The molecule has 2 heterocycles. The number of nitrogens with zero attached hydrogens (tertiary/aromatic N) is 4. The first-order valence-electron chi connectivity index (χ1n) is 9.56. The number of rotatable bonds is 7. The number of hydrogen-bond donors (Lipinski definition) is 3. The number of nitrogens with one attached hydrogen (secondary N) is 3. The minimum Gasteiger partial charge on any atom is -0.354 e. The molecule has 28 heavy (non-hydrogen) atoms. The van der Waals surface area contributed by atoms with Crippen LogP contribution in [0.5, 0.6) is 0 Å². The molecule has 0 spiro atoms. The summed E-state index contributed by atoms with van der Waals surface area (Å²) in [7, 11) is 4.11. The van der Waals surface area contributed by atoms with Crippen molar-refractivity contribution in [2.45, 2.75) is 39.0 Å². The summed E-state index contributed by atoms with van der Waals surface area (Å²) >= 11 is 0. The molecule has 1 aromatic heterocycles. The highest BCUT2D eigenvalue weighted by Gasteiger charge is 2.21. The van der Waals surface area contributed by atoms with E-state index in [2.05, 4.69) is 70.7 Å². The minimum atomic E-state index is -0.203. The molecular weight excluding hydrogens is 354 g/mol. The first kappa shape index (κ1) is 20.0. The van der Waals surface area contributed by atoms with E-state index in [1.807, 2.05) is 18.2 Å². The number of anilines is 4. The van der Waals surface area contributed by atoms with Crippen molar-refractivity contribution in [2.75, 3.05) is 43.1 Å². The van der Waals surface area contributed by atoms with E-state index in [-0.39, 0.29) is 11.3 Å². The lowest BCUT2D eigenvalue weighted by Gasteiger charge is -2.19. The van der Waals surface area contributed by atoms with Crippen molar-refractivity contribution in [3.8, 4) is 0 Å². The zero-order valence-electron chi connectivity index (χ0n) is 17.3. The van der Waals surface area contributed by atoms with Crippen LogP contribution in [-0.2, 0) is 16.6 Å². The summed E-state index contributed by atoms with van der Waals surface area (Å²) in [5, 5.41) is 9.41. The molecule has 1 amide bonds. The summed E-state index contributed by atoms with van der Waals surface area (Å²) in [5.41, 5.74) is 2.46. The molecule has 150 valence electrons. The molecule has 0 saturated heterocycles. The summed E-state index contributed by atoms with van der Waals surface area (Å²) in [4.78, 5) is 27.4. The molecule has 0 bridgehead atoms. The van der Waals surface area contributed by atoms with Crippen LogP contribution in [-0.4, -0.2) is 52.9 Å². The number of benzene rings is 1. The van der Waals surface area contributed by atoms with Crippen LogP contribution in [0.2, 0.25) is 0 Å². The molecule has 8 nitrogen and oxygen atoms in total. The lowest BCUT2D eigenvalue weighted by molar-refractivity contribution is -0.115. The van der Waals surface area contributed by atoms with Crippen molar-refractivity contribution < 1.29 is 4.79 Å². The van der Waals surface area contributed by atoms with Crippen LogP contribution in [0, 0.1) is 0 Å². The van der Waals surface area contributed by atoms with E-state index in [1.165, 1.54) is 0 Å². The smallest absolute Gasteiger partial charge is 0.232 e. The van der Waals surface area contributed by atoms with Gasteiger partial charge in [0.25, 0.3) is 0 Å². The number of carbonyl (C=O) groups is 1. The average molecular weight is 384 g/mol. The third-order valence-corrected chi connectivity index (χ3v) is 4.36. The number of amides is 1. The molecule has 0 atom stereocenters. The Morgan fingerprint density at radius 2 is 1.89 bits per heavy atom. The van der Waals surface area contributed by atoms with Crippen LogP contribution < -0.4 is 16.0 Å². The second-order valence-corrected chi connectivity index (χ2v) is 8.36. The third-order valence-electron chi connectivity index (χ3n) is 4.36. The molecule has 0 aliphatic carbocycles. The Kier molecular flexibility index (Phi) is 5.79. The van der Waals surface area contributed by atoms with Gasteiger partial charge in [-0.1, -0.05) is 26.8 Å². The SMILES string of the molecule is CN(C)CCCNc1nc(Nc2ccc3c(c2)NC(=O)C3)nc(C(C)(C)C)n1. The second-order valence-electron chi connectivity index (χ2n) is 8.36. The van der Waals surface area contributed by atoms with E-state index < -0.39 is 0 Å². The molecule has 3 rings (SSSR count). The molecule has 0 fully saturated rings. The van der Waals surface area contributed by atoms with Crippen molar-refractivity contribution in [1.82, 2.24) is 19.9 Å². The van der Waals surface area contributed by atoms with Gasteiger partial charge in [0.1, 0.15) is 5.82 Å². The lowest BCUT2D eigenvalue weighted by Crippen LogP contribution is -2.21. The topological polar surface area (TPSA) is 95.1 Å². The lowest BCUT2D eigenvalue weighted by atomic mass is 9.96. The fourth-order valence-corrected chi connectivity index (χ4v) is 2.86. The van der Waals surface area contributed by atoms with Crippen LogP contribution in [0.3, 0.4) is 0 Å². The van der Waals surface area contributed by atoms with Gasteiger partial charge in [-0.15, -0.1) is 0 Å². The number of hydrogen-bond acceptors (Lipinski definition) is 7. The van der Waals surface area contributed by atoms with E-state index >= 15 is 0 Å². The fraction of sp³-hybridized carbons (Fsp3) is 0.500. The van der Waals surface area contributed by atoms with E-state index in [0.717, 1.165) is 42.3 Å². The maximum Gasteiger partial charge on any atom is 0.232 e. The first-order chi connectivity index (χ1) is 13.2. The summed E-state index contributed by atoms with van der Waals surface area (Å²) in [5.74, 6) is 1.79. The molecule has 0 unspecified atom stereocenters. The summed E-state index contributed by atoms with van der Waals surface area (Å²) in [6.45, 7) is 8.01. The van der Waals surface area contributed by atoms with Gasteiger partial charge < -0.3 is 20.9 Å². The van der Waals surface area contributed by atoms with Gasteiger partial charge >= 0.3 is 0 Å². The zero-order valence-corrected chi connectivity index (χ0v) is 17.3. The fourth-order valence-electron chi connectivity index (χ4n) is 2.86. The maximum atomic E-state index is 11.6. The Morgan fingerprint density at radius 3 is 2.61 bits per heavy atom. The number of carbonyl (C=O) groups excluding carboxylic acids is 1. The third kappa shape index (κ3) is 5.16. The first-order valence-corrected chi connectivity index (χ1v) is 9.56. The van der Waals surface area contributed by atoms with Crippen molar-refractivity contribution in [3.05, 3.63) is 29.6 Å². The highest BCUT2D eigenvalue weighted by molar-refractivity contribution is 5.99. The quantitative estimate of drug-likeness (QED) is 0.633. The van der Waals surface area contributed by atoms with E-state index in [0.29, 0.717) is 18.3 Å². The molecule has 1 aliphatic heterocycles. The van der Waals surface area contributed by atoms with Gasteiger partial charge in [0, 0.05) is 23.3 Å². The monoisotopic (exact) mass is 383 g/mol. The molecule has 8 heteroatoms. The Balaban J connectivity index is 1.78. The minimum absolute atomic E-state index is 0.0199. The highest BCUT2D eigenvalue weighted by Crippen LogP contribution is 2.28. The number of aromatic nitrogens is 3. The van der Waals surface area contributed by atoms with E-state index in [9.17, 15) is 4.79 Å². The normalized spacial score (nSPS) is 13.4. The summed E-state index contributed by atoms with van der Waals surface area (Å²) in [6, 6.07) is 5.79. The molecule has 1 aromatic carbocycles. The van der Waals surface area contributed by atoms with Crippen molar-refractivity contribution in [2.24, 2.45) is 0 Å². The van der Waals surface area contributed by atoms with Crippen LogP contribution in [0.15, 0.2) is 18.2 Å². The molecule has 0 radical (unpaired) electrons. The average Bonchev–Trinajstić information content (AvgIpc) is 2.97. The number of fused-ring (bicyclic) bond motifs is 1. The van der Waals surface area contributed by atoms with Crippen LogP contribution in [0.4, 0.5) is 23.3 Å². The predicted octanol–water partition coefficient (Wildman–Crippen LogP) is 2.77. The maximum absolute atomic E-state index is 11.6. The van der Waals surface area contributed by atoms with Crippen LogP contribution in [0.25, 0.3) is 0 Å². The van der Waals surface area contributed by atoms with Gasteiger partial charge in [-0.3, -0.25) is 4.79 Å². The zero-order chi connectivity index (χ0) is 20.3. The standard InChI is InChI=1S/C20H29N7O/c1-20(2,3)17-24-18(21-9-6-10-27(4)5)26-19(25-17)22-14-8-7-13-11-16(28)23-15(13)12-14/h7-8,12H,6,9-11H2,1-5H3,(H,23,28)(H2,21,22,24,25,26). The van der Waals surface area contributed by atoms with Gasteiger partial charge in [0.2, 0.25) is 17.8 Å². The molecule has 3 N–H and O–H groups in total. The Labute approximate surface area is 166 Å². The van der Waals surface area contributed by atoms with Gasteiger partial charge in [-0.05, 0) is 44.8 Å². The Bertz CT molecular complexity index is 858. The van der Waals surface area contributed by atoms with E-state index in [4.69, 9.17) is 0 Å².